The molecule has 1 aliphatic heterocycles. The molecular formula is C45H55N6O12P. The van der Waals surface area contributed by atoms with Gasteiger partial charge in [-0.3, -0.25) is 33.0 Å². The zero-order valence-corrected chi connectivity index (χ0v) is 37.3. The topological polar surface area (TPSA) is 242 Å². The lowest BCUT2D eigenvalue weighted by molar-refractivity contribution is -0.116. The molecule has 19 heteroatoms. The average Bonchev–Trinajstić information content (AvgIpc) is 3.66. The van der Waals surface area contributed by atoms with E-state index < -0.39 is 56.0 Å². The minimum absolute atomic E-state index is 0.0384. The number of fused-ring (bicyclic) bond motifs is 2. The number of carbonyl (C=O) groups excluding carboxylic acids is 2. The second kappa shape index (κ2) is 20.7. The number of H-pyrrole nitrogens is 1. The zero-order valence-electron chi connectivity index (χ0n) is 36.4. The summed E-state index contributed by atoms with van der Waals surface area (Å²) in [5.41, 5.74) is 5.73. The quantitative estimate of drug-likeness (QED) is 0.0391. The van der Waals surface area contributed by atoms with Crippen molar-refractivity contribution < 1.29 is 47.8 Å². The van der Waals surface area contributed by atoms with E-state index >= 15 is 0 Å². The van der Waals surface area contributed by atoms with Gasteiger partial charge in [0, 0.05) is 89.9 Å². The Labute approximate surface area is 370 Å². The Morgan fingerprint density at radius 1 is 0.906 bits per heavy atom. The van der Waals surface area contributed by atoms with Crippen LogP contribution in [0.2, 0.25) is 0 Å². The third-order valence-corrected chi connectivity index (χ3v) is 12.4. The fourth-order valence-corrected chi connectivity index (χ4v) is 8.64. The van der Waals surface area contributed by atoms with E-state index in [0.29, 0.717) is 37.9 Å². The molecule has 1 saturated heterocycles. The lowest BCUT2D eigenvalue weighted by Gasteiger charge is -2.32. The van der Waals surface area contributed by atoms with E-state index in [1.807, 2.05) is 50.1 Å². The maximum absolute atomic E-state index is 13.3. The predicted octanol–water partition coefficient (Wildman–Crippen LogP) is 3.98. The van der Waals surface area contributed by atoms with Crippen LogP contribution in [0.5, 0.6) is 0 Å². The van der Waals surface area contributed by atoms with Crippen LogP contribution in [0, 0.1) is 0 Å². The number of aromatic amines is 1. The molecule has 2 heterocycles. The molecule has 6 N–H and O–H groups in total. The highest BCUT2D eigenvalue weighted by Crippen LogP contribution is 2.47. The van der Waals surface area contributed by atoms with E-state index in [9.17, 15) is 43.6 Å². The maximum atomic E-state index is 13.3. The van der Waals surface area contributed by atoms with Crippen molar-refractivity contribution in [3.63, 3.8) is 0 Å². The molecule has 4 aromatic rings. The molecule has 18 nitrogen and oxygen atoms in total. The van der Waals surface area contributed by atoms with E-state index in [1.54, 1.807) is 12.1 Å². The van der Waals surface area contributed by atoms with E-state index in [0.717, 1.165) is 64.2 Å². The summed E-state index contributed by atoms with van der Waals surface area (Å²) in [5.74, 6) is -2.31. The first kappa shape index (κ1) is 47.6. The van der Waals surface area contributed by atoms with Crippen LogP contribution in [0.4, 0.5) is 11.4 Å². The summed E-state index contributed by atoms with van der Waals surface area (Å²) in [6.45, 7) is 0.134. The molecule has 1 fully saturated rings. The molecule has 0 bridgehead atoms. The van der Waals surface area contributed by atoms with E-state index in [2.05, 4.69) is 44.4 Å². The number of carboxylic acid groups (broad SMARTS) is 1. The molecular weight excluding hydrogens is 847 g/mol. The number of benzene rings is 3. The van der Waals surface area contributed by atoms with Crippen LogP contribution in [0.1, 0.15) is 98.3 Å². The van der Waals surface area contributed by atoms with Gasteiger partial charge in [0.1, 0.15) is 18.4 Å². The van der Waals surface area contributed by atoms with Crippen molar-refractivity contribution in [3.8, 4) is 0 Å². The van der Waals surface area contributed by atoms with Crippen molar-refractivity contribution in [3.05, 3.63) is 132 Å². The first-order chi connectivity index (χ1) is 30.5. The van der Waals surface area contributed by atoms with Crippen molar-refractivity contribution >= 4 is 43.1 Å². The van der Waals surface area contributed by atoms with Gasteiger partial charge in [0.2, 0.25) is 5.91 Å². The Kier molecular flexibility index (Phi) is 15.4. The first-order valence-electron chi connectivity index (χ1n) is 20.9. The number of anilines is 2. The van der Waals surface area contributed by atoms with E-state index in [4.69, 9.17) is 9.26 Å². The Balaban J connectivity index is 0.991. The molecule has 1 aromatic heterocycles. The number of unbranched alkanes of at least 4 members (excludes halogenated alkanes) is 3. The molecule has 342 valence electrons. The average molecular weight is 903 g/mol. The molecule has 2 aliphatic rings. The van der Waals surface area contributed by atoms with Gasteiger partial charge in [-0.25, -0.2) is 14.2 Å². The summed E-state index contributed by atoms with van der Waals surface area (Å²) >= 11 is 0. The predicted molar refractivity (Wildman–Crippen MR) is 240 cm³/mol. The smallest absolute Gasteiger partial charge is 0.472 e. The molecule has 2 amide bonds. The van der Waals surface area contributed by atoms with Gasteiger partial charge in [0.15, 0.2) is 0 Å². The van der Waals surface area contributed by atoms with Crippen LogP contribution < -0.4 is 31.7 Å². The van der Waals surface area contributed by atoms with Crippen molar-refractivity contribution in [2.75, 3.05) is 64.8 Å². The number of hydrogen-bond donors (Lipinski definition) is 6. The van der Waals surface area contributed by atoms with Gasteiger partial charge < -0.3 is 40.3 Å². The number of carbonyl (C=O) groups is 3. The minimum atomic E-state index is -4.43. The van der Waals surface area contributed by atoms with Crippen molar-refractivity contribution in [1.29, 1.82) is 0 Å². The highest BCUT2D eigenvalue weighted by Gasteiger charge is 2.41. The third kappa shape index (κ3) is 11.2. The number of aromatic nitrogens is 2. The number of amides is 2. The van der Waals surface area contributed by atoms with Crippen molar-refractivity contribution in [2.45, 2.75) is 62.9 Å². The number of aromatic carboxylic acids is 1. The molecule has 0 saturated carbocycles. The molecule has 4 atom stereocenters. The minimum Gasteiger partial charge on any atom is -0.478 e. The monoisotopic (exact) mass is 902 g/mol. The van der Waals surface area contributed by atoms with Gasteiger partial charge in [0.05, 0.1) is 17.7 Å². The fraction of sp³-hybridized carbons (Fsp3) is 0.400. The number of rotatable bonds is 19. The molecule has 1 unspecified atom stereocenters. The highest BCUT2D eigenvalue weighted by molar-refractivity contribution is 7.47. The standard InChI is InChI=1S/C45H55N6O12P/c1-49(2)31-12-15-33-29(21-31)20-30-22-32(50(3)4)13-16-34(30)41(33)35-14-10-27(23-36(35)44(56)57)42(54)47-19-9-7-6-8-18-46-39(53)17-11-28-25-51(45(58)48-43(28)55)40-24-37(38(26-52)62-40)63-64(59,60)61-5/h10-17,21-23,25,37-38,40-41,52H,6-9,18-20,24,26H2,1-5H3,(H,46,53)(H,47,54)(H,56,57)(H,59,60)(H,48,55,58)/b17-11+/t37-,38-,40-/m1/s1. The van der Waals surface area contributed by atoms with Crippen LogP contribution in [-0.2, 0) is 29.6 Å². The van der Waals surface area contributed by atoms with Gasteiger partial charge in [-0.15, -0.1) is 0 Å². The number of aliphatic hydroxyl groups excluding tert-OH is 1. The summed E-state index contributed by atoms with van der Waals surface area (Å²) < 4.78 is 28.1. The normalized spacial score (nSPS) is 18.0. The van der Waals surface area contributed by atoms with Gasteiger partial charge in [-0.1, -0.05) is 31.0 Å². The van der Waals surface area contributed by atoms with Gasteiger partial charge in [0.25, 0.3) is 11.5 Å². The summed E-state index contributed by atoms with van der Waals surface area (Å²) in [4.78, 5) is 79.6. The SMILES string of the molecule is COP(=O)(O)O[C@@H]1C[C@H](n2cc(/C=C/C(=O)NCCCCCCNC(=O)c3ccc(C4c5ccc(N(C)C)cc5Cc5cc(N(C)C)ccc54)c(C(=O)O)c3)c(=O)[nH]c2=O)O[C@@H]1CO. The van der Waals surface area contributed by atoms with Crippen molar-refractivity contribution in [2.24, 2.45) is 0 Å². The summed E-state index contributed by atoms with van der Waals surface area (Å²) in [7, 11) is 4.51. The molecule has 0 radical (unpaired) electrons. The second-order valence-corrected chi connectivity index (χ2v) is 17.7. The number of nitrogens with one attached hydrogen (secondary N) is 3. The number of hydrogen-bond acceptors (Lipinski definition) is 12. The molecule has 3 aromatic carbocycles. The Morgan fingerprint density at radius 2 is 1.52 bits per heavy atom. The van der Waals surface area contributed by atoms with Gasteiger partial charge in [-0.2, -0.15) is 0 Å². The Bertz CT molecular complexity index is 2510. The second-order valence-electron chi connectivity index (χ2n) is 16.2. The molecule has 6 rings (SSSR count). The Hall–Kier alpha value is -5.88. The lowest BCUT2D eigenvalue weighted by atomic mass is 9.73. The highest BCUT2D eigenvalue weighted by atomic mass is 31.2. The van der Waals surface area contributed by atoms with Crippen LogP contribution in [0.15, 0.2) is 76.5 Å². The molecule has 0 spiro atoms. The number of ether oxygens (including phenoxy) is 1. The van der Waals surface area contributed by atoms with Crippen LogP contribution in [0.3, 0.4) is 0 Å². The number of carboxylic acids is 1. The maximum Gasteiger partial charge on any atom is 0.472 e. The van der Waals surface area contributed by atoms with Crippen LogP contribution in [0.25, 0.3) is 6.08 Å². The van der Waals surface area contributed by atoms with Gasteiger partial charge >= 0.3 is 19.5 Å². The van der Waals surface area contributed by atoms with Crippen LogP contribution >= 0.6 is 7.82 Å². The van der Waals surface area contributed by atoms with Crippen molar-refractivity contribution in [1.82, 2.24) is 20.2 Å². The largest absolute Gasteiger partial charge is 0.478 e. The van der Waals surface area contributed by atoms with E-state index in [1.165, 1.54) is 18.3 Å². The summed E-state index contributed by atoms with van der Waals surface area (Å²) in [5, 5.41) is 25.8. The number of phosphoric acid groups is 1. The summed E-state index contributed by atoms with van der Waals surface area (Å²) in [6, 6.07) is 17.5. The summed E-state index contributed by atoms with van der Waals surface area (Å²) in [6.07, 6.45) is 3.73. The number of aliphatic hydroxyl groups is 1. The molecule has 64 heavy (non-hydrogen) atoms. The van der Waals surface area contributed by atoms with Crippen LogP contribution in [-0.4, -0.2) is 110 Å². The third-order valence-electron chi connectivity index (χ3n) is 11.4. The Morgan fingerprint density at radius 3 is 2.09 bits per heavy atom. The number of phosphoric ester groups is 1. The van der Waals surface area contributed by atoms with Gasteiger partial charge in [-0.05, 0) is 89.6 Å². The van der Waals surface area contributed by atoms with E-state index in [-0.39, 0.29) is 34.9 Å². The number of nitrogens with zero attached hydrogens (tertiary/aromatic N) is 3. The molecule has 1 aliphatic carbocycles. The lowest BCUT2D eigenvalue weighted by Crippen LogP contribution is -2.33. The fourth-order valence-electron chi connectivity index (χ4n) is 7.99. The first-order valence-corrected chi connectivity index (χ1v) is 22.4. The zero-order chi connectivity index (χ0) is 46.3.